The number of benzene rings is 1. The van der Waals surface area contributed by atoms with E-state index in [1.807, 2.05) is 0 Å². The average Bonchev–Trinajstić information content (AvgIpc) is 2.72. The Morgan fingerprint density at radius 1 is 1.10 bits per heavy atom. The van der Waals surface area contributed by atoms with E-state index in [-0.39, 0.29) is 12.1 Å². The molecule has 29 heavy (non-hydrogen) atoms. The van der Waals surface area contributed by atoms with Gasteiger partial charge in [-0.05, 0) is 17.7 Å². The van der Waals surface area contributed by atoms with Crippen LogP contribution in [0.5, 0.6) is 0 Å². The second-order valence-electron chi connectivity index (χ2n) is 6.63. The van der Waals surface area contributed by atoms with Crippen LogP contribution in [0.15, 0.2) is 67.4 Å². The van der Waals surface area contributed by atoms with Gasteiger partial charge in [0.2, 0.25) is 0 Å². The van der Waals surface area contributed by atoms with Gasteiger partial charge in [-0.25, -0.2) is 14.8 Å². The summed E-state index contributed by atoms with van der Waals surface area (Å²) < 4.78 is 40.7. The fraction of sp³-hybridized carbons (Fsp3) is 0.200. The van der Waals surface area contributed by atoms with Crippen molar-refractivity contribution in [3.8, 4) is 0 Å². The first-order chi connectivity index (χ1) is 13.9. The van der Waals surface area contributed by atoms with Crippen LogP contribution in [0.25, 0.3) is 0 Å². The fourth-order valence-electron chi connectivity index (χ4n) is 3.43. The fourth-order valence-corrected chi connectivity index (χ4v) is 3.43. The lowest BCUT2D eigenvalue weighted by molar-refractivity contribution is -0.578. The molecular weight excluding hydrogens is 385 g/mol. The summed E-state index contributed by atoms with van der Waals surface area (Å²) in [6.45, 7) is 0.113. The number of carbonyl (C=O) groups excluding carboxylic acids is 1. The molecule has 0 aliphatic carbocycles. The zero-order valence-electron chi connectivity index (χ0n) is 15.0. The summed E-state index contributed by atoms with van der Waals surface area (Å²) in [4.78, 5) is 22.3. The number of nitrogens with zero attached hydrogens (tertiary/aromatic N) is 4. The number of pyridine rings is 1. The Labute approximate surface area is 163 Å². The minimum absolute atomic E-state index is 0.0288. The lowest BCUT2D eigenvalue weighted by Crippen LogP contribution is -2.65. The summed E-state index contributed by atoms with van der Waals surface area (Å²) in [5.74, 6) is -1.51. The molecule has 1 aliphatic rings. The highest BCUT2D eigenvalue weighted by molar-refractivity contribution is 5.80. The minimum Gasteiger partial charge on any atom is -0.817 e. The maximum atomic E-state index is 13.3. The van der Waals surface area contributed by atoms with Gasteiger partial charge < -0.3 is 5.11 Å². The molecule has 2 aromatic heterocycles. The lowest BCUT2D eigenvalue weighted by atomic mass is 9.92. The van der Waals surface area contributed by atoms with E-state index in [0.717, 1.165) is 12.1 Å². The summed E-state index contributed by atoms with van der Waals surface area (Å²) in [5, 5.41) is 13.3. The molecular formula is C20H15F3N4O2. The Morgan fingerprint density at radius 2 is 1.86 bits per heavy atom. The van der Waals surface area contributed by atoms with Gasteiger partial charge in [-0.1, -0.05) is 24.3 Å². The van der Waals surface area contributed by atoms with Gasteiger partial charge in [0, 0.05) is 30.3 Å². The standard InChI is InChI=1S/C20H15F3N4O2/c21-20(22,23)15-5-3-4-14(8-15)17-18(28)26-7-2-1-6-16(26)27(19(17)29)11-13-9-24-12-25-10-13/h1-10,12,17,19H,11H2. The van der Waals surface area contributed by atoms with Crippen molar-refractivity contribution in [2.45, 2.75) is 24.9 Å². The van der Waals surface area contributed by atoms with Gasteiger partial charge in [-0.15, -0.1) is 0 Å². The van der Waals surface area contributed by atoms with Crippen LogP contribution < -0.4 is 14.6 Å². The van der Waals surface area contributed by atoms with Crippen LogP contribution in [0.4, 0.5) is 19.0 Å². The maximum Gasteiger partial charge on any atom is 0.416 e. The number of rotatable bonds is 3. The molecule has 6 nitrogen and oxygen atoms in total. The number of carbonyl (C=O) groups is 1. The van der Waals surface area contributed by atoms with E-state index in [0.29, 0.717) is 11.4 Å². The summed E-state index contributed by atoms with van der Waals surface area (Å²) in [6.07, 6.45) is -0.248. The molecule has 0 radical (unpaired) electrons. The third kappa shape index (κ3) is 3.56. The molecule has 2 unspecified atom stereocenters. The van der Waals surface area contributed by atoms with Gasteiger partial charge in [0.05, 0.1) is 11.8 Å². The minimum atomic E-state index is -4.57. The van der Waals surface area contributed by atoms with E-state index in [1.54, 1.807) is 30.6 Å². The van der Waals surface area contributed by atoms with Crippen molar-refractivity contribution in [1.82, 2.24) is 9.97 Å². The van der Waals surface area contributed by atoms with E-state index < -0.39 is 29.8 Å². The van der Waals surface area contributed by atoms with Gasteiger partial charge >= 0.3 is 12.1 Å². The molecule has 9 heteroatoms. The van der Waals surface area contributed by atoms with Crippen LogP contribution in [0, 0.1) is 0 Å². The smallest absolute Gasteiger partial charge is 0.416 e. The molecule has 0 N–H and O–H groups in total. The summed E-state index contributed by atoms with van der Waals surface area (Å²) >= 11 is 0. The number of anilines is 1. The number of halogens is 3. The van der Waals surface area contributed by atoms with Crippen LogP contribution in [-0.4, -0.2) is 22.1 Å². The highest BCUT2D eigenvalue weighted by Crippen LogP contribution is 2.34. The molecule has 1 aromatic carbocycles. The second kappa shape index (κ2) is 7.25. The molecule has 0 fully saturated rings. The first-order valence-electron chi connectivity index (χ1n) is 8.74. The van der Waals surface area contributed by atoms with Crippen molar-refractivity contribution < 1.29 is 27.6 Å². The highest BCUT2D eigenvalue weighted by atomic mass is 19.4. The normalized spacial score (nSPS) is 19.2. The monoisotopic (exact) mass is 400 g/mol. The maximum absolute atomic E-state index is 13.3. The molecule has 0 spiro atoms. The number of fused-ring (bicyclic) bond motifs is 1. The zero-order chi connectivity index (χ0) is 20.6. The van der Waals surface area contributed by atoms with Crippen LogP contribution >= 0.6 is 0 Å². The number of hydrogen-bond donors (Lipinski definition) is 0. The Hall–Kier alpha value is -3.33. The third-order valence-electron chi connectivity index (χ3n) is 4.77. The molecule has 0 amide bonds. The Kier molecular flexibility index (Phi) is 4.75. The Bertz CT molecular complexity index is 1040. The SMILES string of the molecule is O=C1C(c2cccc(C(F)(F)F)c2)C([O-])N(Cc2cncnc2)c2cccc[n+]21. The first-order valence-corrected chi connectivity index (χ1v) is 8.74. The van der Waals surface area contributed by atoms with E-state index in [2.05, 4.69) is 9.97 Å². The predicted octanol–water partition coefficient (Wildman–Crippen LogP) is 1.91. The predicted molar refractivity (Wildman–Crippen MR) is 93.5 cm³/mol. The molecule has 0 saturated carbocycles. The summed E-state index contributed by atoms with van der Waals surface area (Å²) in [6, 6.07) is 9.29. The van der Waals surface area contributed by atoms with E-state index in [4.69, 9.17) is 0 Å². The van der Waals surface area contributed by atoms with Crippen LogP contribution in [0.3, 0.4) is 0 Å². The van der Waals surface area contributed by atoms with E-state index in [9.17, 15) is 23.1 Å². The van der Waals surface area contributed by atoms with Gasteiger partial charge in [-0.3, -0.25) is 4.90 Å². The van der Waals surface area contributed by atoms with Crippen molar-refractivity contribution in [3.63, 3.8) is 0 Å². The molecule has 4 rings (SSSR count). The van der Waals surface area contributed by atoms with Crippen LogP contribution in [0.1, 0.15) is 27.4 Å². The molecule has 1 aliphatic heterocycles. The second-order valence-corrected chi connectivity index (χ2v) is 6.63. The van der Waals surface area contributed by atoms with Crippen molar-refractivity contribution in [2.24, 2.45) is 0 Å². The zero-order valence-corrected chi connectivity index (χ0v) is 15.0. The van der Waals surface area contributed by atoms with Crippen LogP contribution in [0.2, 0.25) is 0 Å². The third-order valence-corrected chi connectivity index (χ3v) is 4.77. The van der Waals surface area contributed by atoms with E-state index >= 15 is 0 Å². The number of aromatic nitrogens is 3. The van der Waals surface area contributed by atoms with Crippen molar-refractivity contribution in [2.75, 3.05) is 4.90 Å². The first kappa shape index (κ1) is 19.0. The van der Waals surface area contributed by atoms with Gasteiger partial charge in [0.25, 0.3) is 5.82 Å². The van der Waals surface area contributed by atoms with Crippen molar-refractivity contribution in [1.29, 1.82) is 0 Å². The Balaban J connectivity index is 1.79. The molecule has 148 valence electrons. The Morgan fingerprint density at radius 3 is 2.59 bits per heavy atom. The van der Waals surface area contributed by atoms with E-state index in [1.165, 1.54) is 34.1 Å². The van der Waals surface area contributed by atoms with Gasteiger partial charge in [-0.2, -0.15) is 17.7 Å². The number of hydrogen-bond acceptors (Lipinski definition) is 5. The highest BCUT2D eigenvalue weighted by Gasteiger charge is 2.43. The quantitative estimate of drug-likeness (QED) is 0.628. The van der Waals surface area contributed by atoms with Crippen molar-refractivity contribution in [3.05, 3.63) is 84.1 Å². The topological polar surface area (TPSA) is 73.0 Å². The van der Waals surface area contributed by atoms with Crippen LogP contribution in [-0.2, 0) is 12.7 Å². The van der Waals surface area contributed by atoms with Crippen molar-refractivity contribution >= 4 is 11.7 Å². The largest absolute Gasteiger partial charge is 0.817 e. The molecule has 0 saturated heterocycles. The summed E-state index contributed by atoms with van der Waals surface area (Å²) in [5.41, 5.74) is -0.232. The molecule has 3 heterocycles. The number of alkyl halides is 3. The lowest BCUT2D eigenvalue weighted by Gasteiger charge is -2.40. The molecule has 3 aromatic rings. The van der Waals surface area contributed by atoms with Gasteiger partial charge in [0.15, 0.2) is 0 Å². The van der Waals surface area contributed by atoms with Gasteiger partial charge in [0.1, 0.15) is 18.8 Å². The summed E-state index contributed by atoms with van der Waals surface area (Å²) in [7, 11) is 0. The average molecular weight is 400 g/mol. The molecule has 2 atom stereocenters. The molecule has 0 bridgehead atoms.